The average Bonchev–Trinajstić information content (AvgIpc) is 2.31. The Bertz CT molecular complexity index is 220. The van der Waals surface area contributed by atoms with Crippen LogP contribution in [-0.4, -0.2) is 27.6 Å². The van der Waals surface area contributed by atoms with E-state index in [1.54, 1.807) is 13.8 Å². The molecule has 1 saturated heterocycles. The van der Waals surface area contributed by atoms with Crippen LogP contribution < -0.4 is 0 Å². The van der Waals surface area contributed by atoms with E-state index < -0.39 is 4.32 Å². The molecular formula is C8H12BrNO2. The van der Waals surface area contributed by atoms with E-state index in [-0.39, 0.29) is 11.8 Å². The van der Waals surface area contributed by atoms with Crippen molar-refractivity contribution in [2.75, 3.05) is 6.54 Å². The fourth-order valence-electron chi connectivity index (χ4n) is 1.18. The van der Waals surface area contributed by atoms with Crippen molar-refractivity contribution in [1.82, 2.24) is 4.90 Å². The Morgan fingerprint density at radius 1 is 1.58 bits per heavy atom. The Hall–Kier alpha value is -0.380. The predicted octanol–water partition coefficient (Wildman–Crippen LogP) is 1.31. The van der Waals surface area contributed by atoms with Gasteiger partial charge in [-0.1, -0.05) is 15.9 Å². The van der Waals surface area contributed by atoms with Crippen molar-refractivity contribution >= 4 is 27.7 Å². The first-order valence-corrected chi connectivity index (χ1v) is 4.76. The van der Waals surface area contributed by atoms with Gasteiger partial charge in [-0.05, 0) is 20.3 Å². The molecule has 12 heavy (non-hydrogen) atoms. The van der Waals surface area contributed by atoms with Crippen molar-refractivity contribution in [3.05, 3.63) is 0 Å². The van der Waals surface area contributed by atoms with Crippen molar-refractivity contribution in [2.24, 2.45) is 0 Å². The Kier molecular flexibility index (Phi) is 2.56. The molecule has 1 heterocycles. The standard InChI is InChI=1S/C8H12BrNO2/c1-8(2,9)7(12)10-5-3-4-6(10)11/h3-5H2,1-2H3. The summed E-state index contributed by atoms with van der Waals surface area (Å²) in [7, 11) is 0. The summed E-state index contributed by atoms with van der Waals surface area (Å²) in [6, 6.07) is 0. The van der Waals surface area contributed by atoms with Gasteiger partial charge in [0.1, 0.15) is 0 Å². The first-order chi connectivity index (χ1) is 5.43. The third-order valence-corrected chi connectivity index (χ3v) is 2.17. The van der Waals surface area contributed by atoms with E-state index in [4.69, 9.17) is 0 Å². The molecule has 2 amide bonds. The van der Waals surface area contributed by atoms with Crippen molar-refractivity contribution in [3.8, 4) is 0 Å². The molecule has 0 aliphatic carbocycles. The summed E-state index contributed by atoms with van der Waals surface area (Å²) in [6.45, 7) is 4.08. The van der Waals surface area contributed by atoms with E-state index in [0.717, 1.165) is 6.42 Å². The molecule has 0 aromatic heterocycles. The van der Waals surface area contributed by atoms with Gasteiger partial charge < -0.3 is 0 Å². The highest BCUT2D eigenvalue weighted by Crippen LogP contribution is 2.22. The number of hydrogen-bond donors (Lipinski definition) is 0. The summed E-state index contributed by atoms with van der Waals surface area (Å²) < 4.78 is -0.618. The molecule has 0 aromatic rings. The maximum atomic E-state index is 11.5. The molecule has 0 radical (unpaired) electrons. The Balaban J connectivity index is 2.71. The minimum Gasteiger partial charge on any atom is -0.281 e. The summed E-state index contributed by atoms with van der Waals surface area (Å²) in [5.41, 5.74) is 0. The molecule has 3 nitrogen and oxygen atoms in total. The number of amides is 2. The number of carbonyl (C=O) groups is 2. The third-order valence-electron chi connectivity index (χ3n) is 1.83. The largest absolute Gasteiger partial charge is 0.281 e. The molecule has 0 bridgehead atoms. The molecule has 0 N–H and O–H groups in total. The van der Waals surface area contributed by atoms with Crippen LogP contribution in [0.1, 0.15) is 26.7 Å². The molecule has 0 spiro atoms. The van der Waals surface area contributed by atoms with E-state index in [9.17, 15) is 9.59 Å². The number of carbonyl (C=O) groups excluding carboxylic acids is 2. The van der Waals surface area contributed by atoms with E-state index in [0.29, 0.717) is 13.0 Å². The van der Waals surface area contributed by atoms with Crippen LogP contribution in [0.2, 0.25) is 0 Å². The highest BCUT2D eigenvalue weighted by molar-refractivity contribution is 9.10. The maximum Gasteiger partial charge on any atom is 0.245 e. The molecule has 0 unspecified atom stereocenters. The highest BCUT2D eigenvalue weighted by atomic mass is 79.9. The number of halogens is 1. The molecule has 4 heteroatoms. The quantitative estimate of drug-likeness (QED) is 0.641. The molecule has 0 atom stereocenters. The van der Waals surface area contributed by atoms with Gasteiger partial charge >= 0.3 is 0 Å². The van der Waals surface area contributed by atoms with Crippen LogP contribution in [0.15, 0.2) is 0 Å². The van der Waals surface area contributed by atoms with Crippen molar-refractivity contribution in [2.45, 2.75) is 31.0 Å². The number of rotatable bonds is 1. The lowest BCUT2D eigenvalue weighted by molar-refractivity contribution is -0.142. The number of likely N-dealkylation sites (tertiary alicyclic amines) is 1. The minimum absolute atomic E-state index is 0.0486. The molecule has 0 saturated carbocycles. The fraction of sp³-hybridized carbons (Fsp3) is 0.750. The molecule has 0 aromatic carbocycles. The second kappa shape index (κ2) is 3.17. The third kappa shape index (κ3) is 1.86. The monoisotopic (exact) mass is 233 g/mol. The Morgan fingerprint density at radius 3 is 2.50 bits per heavy atom. The van der Waals surface area contributed by atoms with Gasteiger partial charge in [0.2, 0.25) is 11.8 Å². The fourth-order valence-corrected chi connectivity index (χ4v) is 1.40. The van der Waals surface area contributed by atoms with Crippen molar-refractivity contribution in [1.29, 1.82) is 0 Å². The van der Waals surface area contributed by atoms with Crippen LogP contribution in [-0.2, 0) is 9.59 Å². The van der Waals surface area contributed by atoms with Gasteiger partial charge in [-0.25, -0.2) is 0 Å². The lowest BCUT2D eigenvalue weighted by atomic mass is 10.2. The van der Waals surface area contributed by atoms with Crippen LogP contribution in [0.3, 0.4) is 0 Å². The number of nitrogens with zero attached hydrogens (tertiary/aromatic N) is 1. The highest BCUT2D eigenvalue weighted by Gasteiger charge is 2.34. The zero-order chi connectivity index (χ0) is 9.35. The molecular weight excluding hydrogens is 222 g/mol. The zero-order valence-electron chi connectivity index (χ0n) is 7.26. The molecule has 1 aliphatic rings. The maximum absolute atomic E-state index is 11.5. The van der Waals surface area contributed by atoms with Gasteiger partial charge in [0.15, 0.2) is 0 Å². The van der Waals surface area contributed by atoms with E-state index in [2.05, 4.69) is 15.9 Å². The number of imide groups is 1. The summed E-state index contributed by atoms with van der Waals surface area (Å²) in [6.07, 6.45) is 1.31. The molecule has 1 rings (SSSR count). The lowest BCUT2D eigenvalue weighted by Gasteiger charge is -2.22. The molecule has 1 fully saturated rings. The smallest absolute Gasteiger partial charge is 0.245 e. The predicted molar refractivity (Wildman–Crippen MR) is 49.0 cm³/mol. The molecule has 68 valence electrons. The van der Waals surface area contributed by atoms with Gasteiger partial charge in [-0.2, -0.15) is 0 Å². The summed E-state index contributed by atoms with van der Waals surface area (Å²) in [4.78, 5) is 24.0. The second-order valence-electron chi connectivity index (χ2n) is 3.43. The van der Waals surface area contributed by atoms with E-state index in [1.807, 2.05) is 0 Å². The van der Waals surface area contributed by atoms with Crippen molar-refractivity contribution in [3.63, 3.8) is 0 Å². The van der Waals surface area contributed by atoms with Crippen LogP contribution in [0.25, 0.3) is 0 Å². The van der Waals surface area contributed by atoms with Gasteiger partial charge in [-0.15, -0.1) is 0 Å². The van der Waals surface area contributed by atoms with E-state index >= 15 is 0 Å². The minimum atomic E-state index is -0.618. The van der Waals surface area contributed by atoms with Crippen molar-refractivity contribution < 1.29 is 9.59 Å². The number of alkyl halides is 1. The average molecular weight is 234 g/mol. The van der Waals surface area contributed by atoms with Crippen LogP contribution in [0.5, 0.6) is 0 Å². The summed E-state index contributed by atoms with van der Waals surface area (Å²) >= 11 is 3.24. The summed E-state index contributed by atoms with van der Waals surface area (Å²) in [5, 5.41) is 0. The van der Waals surface area contributed by atoms with Crippen LogP contribution >= 0.6 is 15.9 Å². The van der Waals surface area contributed by atoms with Crippen LogP contribution in [0, 0.1) is 0 Å². The van der Waals surface area contributed by atoms with E-state index in [1.165, 1.54) is 4.90 Å². The normalized spacial score (nSPS) is 18.6. The second-order valence-corrected chi connectivity index (χ2v) is 5.41. The molecule has 1 aliphatic heterocycles. The lowest BCUT2D eigenvalue weighted by Crippen LogP contribution is -2.42. The van der Waals surface area contributed by atoms with Gasteiger partial charge in [0.05, 0.1) is 4.32 Å². The first-order valence-electron chi connectivity index (χ1n) is 3.96. The summed E-state index contributed by atoms with van der Waals surface area (Å²) in [5.74, 6) is -0.183. The Labute approximate surface area is 80.2 Å². The van der Waals surface area contributed by atoms with Gasteiger partial charge in [0.25, 0.3) is 0 Å². The zero-order valence-corrected chi connectivity index (χ0v) is 8.85. The van der Waals surface area contributed by atoms with Gasteiger partial charge in [0, 0.05) is 13.0 Å². The van der Waals surface area contributed by atoms with Gasteiger partial charge in [-0.3, -0.25) is 14.5 Å². The van der Waals surface area contributed by atoms with Crippen LogP contribution in [0.4, 0.5) is 0 Å². The number of hydrogen-bond acceptors (Lipinski definition) is 2. The first kappa shape index (κ1) is 9.71. The SMILES string of the molecule is CC(C)(Br)C(=O)N1CCCC1=O. The Morgan fingerprint density at radius 2 is 2.17 bits per heavy atom. The topological polar surface area (TPSA) is 37.4 Å².